The minimum Gasteiger partial charge on any atom is -0.390 e. The molecule has 0 atom stereocenters. The standard InChI is InChI=1S/C8H15NO.ClH/c1-6(2,10)7-3-8(9,4-7)5-7;/h10H,3-5,9H2,1-2H3;1H. The van der Waals surface area contributed by atoms with Gasteiger partial charge in [-0.15, -0.1) is 12.4 Å². The highest BCUT2D eigenvalue weighted by Gasteiger charge is 2.71. The predicted octanol–water partition coefficient (Wildman–Crippen LogP) is 1.06. The van der Waals surface area contributed by atoms with Crippen LogP contribution in [-0.4, -0.2) is 16.2 Å². The van der Waals surface area contributed by atoms with Crippen molar-refractivity contribution in [1.29, 1.82) is 0 Å². The van der Waals surface area contributed by atoms with Crippen LogP contribution >= 0.6 is 12.4 Å². The average Bonchev–Trinajstić information content (AvgIpc) is 1.51. The van der Waals surface area contributed by atoms with Crippen molar-refractivity contribution >= 4 is 12.4 Å². The Balaban J connectivity index is 0.000000605. The third-order valence-electron chi connectivity index (χ3n) is 3.37. The Kier molecular flexibility index (Phi) is 1.63. The molecule has 11 heavy (non-hydrogen) atoms. The Labute approximate surface area is 73.6 Å². The Hall–Kier alpha value is 0.210. The van der Waals surface area contributed by atoms with Gasteiger partial charge in [0.1, 0.15) is 0 Å². The first-order chi connectivity index (χ1) is 4.37. The third kappa shape index (κ3) is 0.930. The highest BCUT2D eigenvalue weighted by Crippen LogP contribution is 2.70. The van der Waals surface area contributed by atoms with E-state index in [1.165, 1.54) is 0 Å². The molecule has 0 aromatic carbocycles. The molecule has 0 spiro atoms. The first kappa shape index (κ1) is 9.30. The lowest BCUT2D eigenvalue weighted by Crippen LogP contribution is -2.78. The van der Waals surface area contributed by atoms with Gasteiger partial charge in [0, 0.05) is 11.0 Å². The Bertz CT molecular complexity index is 165. The van der Waals surface area contributed by atoms with E-state index in [1.807, 2.05) is 13.8 Å². The average molecular weight is 178 g/mol. The van der Waals surface area contributed by atoms with Gasteiger partial charge >= 0.3 is 0 Å². The van der Waals surface area contributed by atoms with Crippen molar-refractivity contribution in [3.05, 3.63) is 0 Å². The number of nitrogens with two attached hydrogens (primary N) is 1. The molecular weight excluding hydrogens is 162 g/mol. The molecule has 3 saturated carbocycles. The van der Waals surface area contributed by atoms with Gasteiger partial charge in [0.15, 0.2) is 0 Å². The molecule has 3 fully saturated rings. The first-order valence-corrected chi connectivity index (χ1v) is 3.88. The number of halogens is 1. The summed E-state index contributed by atoms with van der Waals surface area (Å²) in [5.41, 5.74) is 5.67. The Morgan fingerprint density at radius 1 is 1.27 bits per heavy atom. The second kappa shape index (κ2) is 1.93. The lowest BCUT2D eigenvalue weighted by atomic mass is 9.35. The van der Waals surface area contributed by atoms with Crippen LogP contribution in [0.3, 0.4) is 0 Å². The van der Waals surface area contributed by atoms with Crippen molar-refractivity contribution < 1.29 is 5.11 Å². The normalized spacial score (nSPS) is 46.9. The predicted molar refractivity (Wildman–Crippen MR) is 46.7 cm³/mol. The third-order valence-corrected chi connectivity index (χ3v) is 3.37. The highest BCUT2D eigenvalue weighted by molar-refractivity contribution is 5.85. The van der Waals surface area contributed by atoms with Crippen LogP contribution in [0.15, 0.2) is 0 Å². The van der Waals surface area contributed by atoms with Crippen LogP contribution in [0, 0.1) is 5.41 Å². The summed E-state index contributed by atoms with van der Waals surface area (Å²) in [6.45, 7) is 3.79. The van der Waals surface area contributed by atoms with E-state index >= 15 is 0 Å². The summed E-state index contributed by atoms with van der Waals surface area (Å²) in [7, 11) is 0. The monoisotopic (exact) mass is 177 g/mol. The van der Waals surface area contributed by atoms with E-state index < -0.39 is 5.60 Å². The van der Waals surface area contributed by atoms with Crippen LogP contribution in [-0.2, 0) is 0 Å². The molecule has 0 heterocycles. The Morgan fingerprint density at radius 3 is 1.73 bits per heavy atom. The number of hydrogen-bond donors (Lipinski definition) is 2. The second-order valence-corrected chi connectivity index (χ2v) is 4.73. The molecule has 2 nitrogen and oxygen atoms in total. The zero-order valence-electron chi connectivity index (χ0n) is 7.05. The zero-order chi connectivity index (χ0) is 7.62. The van der Waals surface area contributed by atoms with Gasteiger partial charge in [-0.2, -0.15) is 0 Å². The van der Waals surface area contributed by atoms with Crippen LogP contribution in [0.2, 0.25) is 0 Å². The molecule has 3 aliphatic carbocycles. The van der Waals surface area contributed by atoms with Gasteiger partial charge in [0.05, 0.1) is 5.60 Å². The van der Waals surface area contributed by atoms with Crippen LogP contribution < -0.4 is 5.73 Å². The van der Waals surface area contributed by atoms with Gasteiger partial charge in [-0.1, -0.05) is 0 Å². The molecule has 2 bridgehead atoms. The molecule has 3 N–H and O–H groups in total. The number of hydrogen-bond acceptors (Lipinski definition) is 2. The molecule has 0 aromatic rings. The maximum absolute atomic E-state index is 9.69. The molecule has 0 radical (unpaired) electrons. The molecule has 3 aliphatic rings. The summed E-state index contributed by atoms with van der Waals surface area (Å²) in [6, 6.07) is 0. The van der Waals surface area contributed by atoms with Crippen molar-refractivity contribution in [2.75, 3.05) is 0 Å². The molecular formula is C8H16ClNO. The van der Waals surface area contributed by atoms with E-state index in [0.29, 0.717) is 0 Å². The van der Waals surface area contributed by atoms with E-state index in [2.05, 4.69) is 0 Å². The van der Waals surface area contributed by atoms with E-state index in [0.717, 1.165) is 19.3 Å². The summed E-state index contributed by atoms with van der Waals surface area (Å²) in [5, 5.41) is 9.69. The summed E-state index contributed by atoms with van der Waals surface area (Å²) < 4.78 is 0. The van der Waals surface area contributed by atoms with Crippen molar-refractivity contribution in [3.8, 4) is 0 Å². The summed E-state index contributed by atoms with van der Waals surface area (Å²) >= 11 is 0. The van der Waals surface area contributed by atoms with Crippen LogP contribution in [0.1, 0.15) is 33.1 Å². The fourth-order valence-corrected chi connectivity index (χ4v) is 2.52. The maximum atomic E-state index is 9.69. The topological polar surface area (TPSA) is 46.2 Å². The fourth-order valence-electron chi connectivity index (χ4n) is 2.52. The van der Waals surface area contributed by atoms with E-state index in [4.69, 9.17) is 5.73 Å². The highest BCUT2D eigenvalue weighted by atomic mass is 35.5. The lowest BCUT2D eigenvalue weighted by molar-refractivity contribution is -0.238. The van der Waals surface area contributed by atoms with Gasteiger partial charge in [-0.25, -0.2) is 0 Å². The SMILES string of the molecule is CC(C)(O)C12CC(N)(C1)C2.Cl. The van der Waals surface area contributed by atoms with E-state index in [-0.39, 0.29) is 23.4 Å². The first-order valence-electron chi connectivity index (χ1n) is 3.88. The smallest absolute Gasteiger partial charge is 0.0649 e. The van der Waals surface area contributed by atoms with Gasteiger partial charge in [-0.3, -0.25) is 0 Å². The van der Waals surface area contributed by atoms with Crippen molar-refractivity contribution in [2.45, 2.75) is 44.2 Å². The van der Waals surface area contributed by atoms with Crippen molar-refractivity contribution in [1.82, 2.24) is 0 Å². The number of aliphatic hydroxyl groups is 1. The molecule has 3 heteroatoms. The molecule has 0 aliphatic heterocycles. The van der Waals surface area contributed by atoms with Gasteiger partial charge in [0.2, 0.25) is 0 Å². The molecule has 0 saturated heterocycles. The largest absolute Gasteiger partial charge is 0.390 e. The molecule has 0 unspecified atom stereocenters. The molecule has 0 aromatic heterocycles. The minimum atomic E-state index is -0.506. The van der Waals surface area contributed by atoms with Crippen LogP contribution in [0.25, 0.3) is 0 Å². The van der Waals surface area contributed by atoms with Gasteiger partial charge < -0.3 is 10.8 Å². The van der Waals surface area contributed by atoms with Crippen LogP contribution in [0.5, 0.6) is 0 Å². The summed E-state index contributed by atoms with van der Waals surface area (Å²) in [4.78, 5) is 0. The molecule has 3 rings (SSSR count). The van der Waals surface area contributed by atoms with E-state index in [1.54, 1.807) is 0 Å². The molecule has 66 valence electrons. The maximum Gasteiger partial charge on any atom is 0.0649 e. The minimum absolute atomic E-state index is 0. The summed E-state index contributed by atoms with van der Waals surface area (Å²) in [6.07, 6.45) is 3.09. The van der Waals surface area contributed by atoms with Crippen molar-refractivity contribution in [2.24, 2.45) is 11.1 Å². The van der Waals surface area contributed by atoms with Gasteiger partial charge in [-0.05, 0) is 33.1 Å². The number of rotatable bonds is 1. The quantitative estimate of drug-likeness (QED) is 0.629. The fraction of sp³-hybridized carbons (Fsp3) is 1.00. The van der Waals surface area contributed by atoms with E-state index in [9.17, 15) is 5.11 Å². The Morgan fingerprint density at radius 2 is 1.64 bits per heavy atom. The lowest BCUT2D eigenvalue weighted by Gasteiger charge is -2.73. The molecule has 0 amide bonds. The summed E-state index contributed by atoms with van der Waals surface area (Å²) in [5.74, 6) is 0. The van der Waals surface area contributed by atoms with Gasteiger partial charge in [0.25, 0.3) is 0 Å². The van der Waals surface area contributed by atoms with Crippen molar-refractivity contribution in [3.63, 3.8) is 0 Å². The second-order valence-electron chi connectivity index (χ2n) is 4.73. The zero-order valence-corrected chi connectivity index (χ0v) is 7.87. The van der Waals surface area contributed by atoms with Crippen LogP contribution in [0.4, 0.5) is 0 Å².